The summed E-state index contributed by atoms with van der Waals surface area (Å²) in [4.78, 5) is 2.53. The fourth-order valence-corrected chi connectivity index (χ4v) is 3.19. The van der Waals surface area contributed by atoms with E-state index in [0.29, 0.717) is 5.41 Å². The minimum absolute atomic E-state index is 0.431. The van der Waals surface area contributed by atoms with E-state index in [4.69, 9.17) is 5.73 Å². The van der Waals surface area contributed by atoms with Crippen molar-refractivity contribution in [2.75, 3.05) is 23.7 Å². The van der Waals surface area contributed by atoms with Gasteiger partial charge in [0, 0.05) is 24.5 Å². The maximum atomic E-state index is 6.04. The van der Waals surface area contributed by atoms with Crippen LogP contribution >= 0.6 is 0 Å². The van der Waals surface area contributed by atoms with Gasteiger partial charge in [-0.25, -0.2) is 0 Å². The molecule has 106 valence electrons. The Bertz CT molecular complexity index is 431. The molecule has 2 heteroatoms. The van der Waals surface area contributed by atoms with E-state index >= 15 is 0 Å². The number of hydrogen-bond acceptors (Lipinski definition) is 2. The molecule has 1 aromatic carbocycles. The topological polar surface area (TPSA) is 29.3 Å². The maximum Gasteiger partial charge on any atom is 0.0416 e. The third-order valence-corrected chi connectivity index (χ3v) is 4.64. The first kappa shape index (κ1) is 14.2. The number of nitrogens with zero attached hydrogens (tertiary/aromatic N) is 1. The molecule has 0 amide bonds. The van der Waals surface area contributed by atoms with Crippen molar-refractivity contribution in [2.45, 2.75) is 47.0 Å². The van der Waals surface area contributed by atoms with Crippen LogP contribution in [0.5, 0.6) is 0 Å². The number of hydrogen-bond donors (Lipinski definition) is 1. The quantitative estimate of drug-likeness (QED) is 0.766. The number of anilines is 2. The molecule has 1 fully saturated rings. The van der Waals surface area contributed by atoms with Gasteiger partial charge >= 0.3 is 0 Å². The Morgan fingerprint density at radius 1 is 1.16 bits per heavy atom. The van der Waals surface area contributed by atoms with Crippen molar-refractivity contribution in [3.8, 4) is 0 Å². The number of rotatable bonds is 1. The first-order valence-corrected chi connectivity index (χ1v) is 7.49. The summed E-state index contributed by atoms with van der Waals surface area (Å²) >= 11 is 0. The fourth-order valence-electron chi connectivity index (χ4n) is 3.19. The highest BCUT2D eigenvalue weighted by Crippen LogP contribution is 2.36. The lowest BCUT2D eigenvalue weighted by Gasteiger charge is -2.30. The minimum Gasteiger partial charge on any atom is -0.398 e. The monoisotopic (exact) mass is 260 g/mol. The predicted octanol–water partition coefficient (Wildman–Crippen LogP) is 4.23. The highest BCUT2D eigenvalue weighted by molar-refractivity contribution is 5.64. The molecule has 0 aliphatic carbocycles. The summed E-state index contributed by atoms with van der Waals surface area (Å²) in [6.45, 7) is 11.6. The summed E-state index contributed by atoms with van der Waals surface area (Å²) in [5.41, 5.74) is 9.94. The van der Waals surface area contributed by atoms with Gasteiger partial charge in [0.2, 0.25) is 0 Å². The predicted molar refractivity (Wildman–Crippen MR) is 84.6 cm³/mol. The van der Waals surface area contributed by atoms with Gasteiger partial charge in [-0.1, -0.05) is 26.8 Å². The molecule has 2 nitrogen and oxygen atoms in total. The van der Waals surface area contributed by atoms with Gasteiger partial charge in [-0.3, -0.25) is 0 Å². The zero-order valence-electron chi connectivity index (χ0n) is 12.9. The molecule has 0 aromatic heterocycles. The standard InChI is InChI=1S/C17H28N2/c1-13-15(18)8-5-9-16(13)19-11-6-7-14(10-12-19)17(2,3)4/h5,8-9,14H,6-7,10-12,18H2,1-4H3. The molecule has 1 heterocycles. The summed E-state index contributed by atoms with van der Waals surface area (Å²) in [5.74, 6) is 0.832. The lowest BCUT2D eigenvalue weighted by Crippen LogP contribution is -2.26. The molecule has 1 saturated heterocycles. The third-order valence-electron chi connectivity index (χ3n) is 4.64. The molecule has 1 aromatic rings. The zero-order chi connectivity index (χ0) is 14.0. The van der Waals surface area contributed by atoms with E-state index in [0.717, 1.165) is 24.7 Å². The first-order chi connectivity index (χ1) is 8.89. The van der Waals surface area contributed by atoms with Crippen LogP contribution in [0.25, 0.3) is 0 Å². The van der Waals surface area contributed by atoms with E-state index in [1.807, 2.05) is 6.07 Å². The summed E-state index contributed by atoms with van der Waals surface area (Å²) < 4.78 is 0. The molecular weight excluding hydrogens is 232 g/mol. The minimum atomic E-state index is 0.431. The Balaban J connectivity index is 2.13. The average molecular weight is 260 g/mol. The molecule has 1 aliphatic rings. The Labute approximate surface area is 118 Å². The average Bonchev–Trinajstić information content (AvgIpc) is 2.57. The van der Waals surface area contributed by atoms with E-state index in [1.54, 1.807) is 0 Å². The molecule has 1 unspecified atom stereocenters. The van der Waals surface area contributed by atoms with Crippen molar-refractivity contribution in [2.24, 2.45) is 11.3 Å². The van der Waals surface area contributed by atoms with Crippen LogP contribution in [0.1, 0.15) is 45.6 Å². The smallest absolute Gasteiger partial charge is 0.0416 e. The van der Waals surface area contributed by atoms with Gasteiger partial charge in [-0.05, 0) is 55.2 Å². The Kier molecular flexibility index (Phi) is 4.07. The first-order valence-electron chi connectivity index (χ1n) is 7.49. The van der Waals surface area contributed by atoms with Crippen molar-refractivity contribution in [1.82, 2.24) is 0 Å². The molecule has 0 radical (unpaired) electrons. The van der Waals surface area contributed by atoms with E-state index in [1.165, 1.54) is 30.5 Å². The van der Waals surface area contributed by atoms with Gasteiger partial charge < -0.3 is 10.6 Å². The molecule has 0 spiro atoms. The maximum absolute atomic E-state index is 6.04. The van der Waals surface area contributed by atoms with Gasteiger partial charge in [0.15, 0.2) is 0 Å². The second kappa shape index (κ2) is 5.44. The van der Waals surface area contributed by atoms with Gasteiger partial charge in [0.05, 0.1) is 0 Å². The highest BCUT2D eigenvalue weighted by Gasteiger charge is 2.27. The second-order valence-corrected chi connectivity index (χ2v) is 6.97. The van der Waals surface area contributed by atoms with E-state index < -0.39 is 0 Å². The van der Waals surface area contributed by atoms with Crippen LogP contribution in [0.4, 0.5) is 11.4 Å². The molecule has 19 heavy (non-hydrogen) atoms. The lowest BCUT2D eigenvalue weighted by atomic mass is 9.77. The summed E-state index contributed by atoms with van der Waals surface area (Å²) in [5, 5.41) is 0. The summed E-state index contributed by atoms with van der Waals surface area (Å²) in [7, 11) is 0. The molecule has 0 bridgehead atoms. The van der Waals surface area contributed by atoms with Crippen LogP contribution in [-0.2, 0) is 0 Å². The summed E-state index contributed by atoms with van der Waals surface area (Å²) in [6, 6.07) is 6.28. The third kappa shape index (κ3) is 3.23. The van der Waals surface area contributed by atoms with Gasteiger partial charge in [-0.2, -0.15) is 0 Å². The summed E-state index contributed by atoms with van der Waals surface area (Å²) in [6.07, 6.45) is 3.93. The van der Waals surface area contributed by atoms with Crippen LogP contribution < -0.4 is 10.6 Å². The van der Waals surface area contributed by atoms with Crippen molar-refractivity contribution in [3.63, 3.8) is 0 Å². The Morgan fingerprint density at radius 3 is 2.58 bits per heavy atom. The fraction of sp³-hybridized carbons (Fsp3) is 0.647. The molecule has 1 atom stereocenters. The van der Waals surface area contributed by atoms with E-state index in [2.05, 4.69) is 44.7 Å². The molecule has 0 saturated carbocycles. The Morgan fingerprint density at radius 2 is 1.89 bits per heavy atom. The molecular formula is C17H28N2. The SMILES string of the molecule is Cc1c(N)cccc1N1CCCC(C(C)(C)C)CC1. The lowest BCUT2D eigenvalue weighted by molar-refractivity contribution is 0.220. The largest absolute Gasteiger partial charge is 0.398 e. The number of benzene rings is 1. The normalized spacial score (nSPS) is 21.3. The van der Waals surface area contributed by atoms with E-state index in [-0.39, 0.29) is 0 Å². The van der Waals surface area contributed by atoms with Crippen molar-refractivity contribution < 1.29 is 0 Å². The van der Waals surface area contributed by atoms with Crippen LogP contribution in [0.2, 0.25) is 0 Å². The van der Waals surface area contributed by atoms with Crippen LogP contribution in [0, 0.1) is 18.3 Å². The highest BCUT2D eigenvalue weighted by atomic mass is 15.1. The molecule has 2 rings (SSSR count). The van der Waals surface area contributed by atoms with Crippen LogP contribution in [-0.4, -0.2) is 13.1 Å². The Hall–Kier alpha value is -1.18. The molecule has 2 N–H and O–H groups in total. The van der Waals surface area contributed by atoms with Crippen LogP contribution in [0.15, 0.2) is 18.2 Å². The van der Waals surface area contributed by atoms with Gasteiger partial charge in [0.1, 0.15) is 0 Å². The van der Waals surface area contributed by atoms with E-state index in [9.17, 15) is 0 Å². The van der Waals surface area contributed by atoms with Crippen molar-refractivity contribution in [3.05, 3.63) is 23.8 Å². The number of nitrogen functional groups attached to an aromatic ring is 1. The number of nitrogens with two attached hydrogens (primary N) is 1. The zero-order valence-corrected chi connectivity index (χ0v) is 12.9. The molecule has 1 aliphatic heterocycles. The van der Waals surface area contributed by atoms with Crippen molar-refractivity contribution >= 4 is 11.4 Å². The van der Waals surface area contributed by atoms with Gasteiger partial charge in [0.25, 0.3) is 0 Å². The van der Waals surface area contributed by atoms with Crippen LogP contribution in [0.3, 0.4) is 0 Å². The van der Waals surface area contributed by atoms with Gasteiger partial charge in [-0.15, -0.1) is 0 Å². The second-order valence-electron chi connectivity index (χ2n) is 6.97. The van der Waals surface area contributed by atoms with Crippen molar-refractivity contribution in [1.29, 1.82) is 0 Å².